The maximum absolute atomic E-state index is 13.5. The van der Waals surface area contributed by atoms with Crippen molar-refractivity contribution < 1.29 is 16.8 Å². The third-order valence-corrected chi connectivity index (χ3v) is 10.4. The van der Waals surface area contributed by atoms with Crippen molar-refractivity contribution in [3.8, 4) is 0 Å². The highest BCUT2D eigenvalue weighted by atomic mass is 35.5. The second kappa shape index (κ2) is 9.31. The fourth-order valence-corrected chi connectivity index (χ4v) is 7.84. The maximum atomic E-state index is 13.5. The third kappa shape index (κ3) is 4.35. The van der Waals surface area contributed by atoms with Crippen molar-refractivity contribution in [3.05, 3.63) is 106 Å². The molecule has 2 N–H and O–H groups in total. The van der Waals surface area contributed by atoms with Gasteiger partial charge >= 0.3 is 0 Å². The zero-order valence-corrected chi connectivity index (χ0v) is 23.0. The zero-order chi connectivity index (χ0) is 26.7. The van der Waals surface area contributed by atoms with Crippen LogP contribution in [0, 0.1) is 0 Å². The Bertz CT molecular complexity index is 1690. The van der Waals surface area contributed by atoms with Gasteiger partial charge in [-0.05, 0) is 72.5 Å². The molecule has 0 radical (unpaired) electrons. The van der Waals surface area contributed by atoms with Gasteiger partial charge in [0, 0.05) is 32.7 Å². The number of hydrogen-bond acceptors (Lipinski definition) is 4. The van der Waals surface area contributed by atoms with Crippen LogP contribution in [-0.2, 0) is 20.0 Å². The Hall–Kier alpha value is -3.04. The molecule has 0 spiro atoms. The van der Waals surface area contributed by atoms with Crippen LogP contribution in [-0.4, -0.2) is 16.8 Å². The first kappa shape index (κ1) is 25.2. The Kier molecular flexibility index (Phi) is 6.18. The summed E-state index contributed by atoms with van der Waals surface area (Å²) in [4.78, 5) is 0.174. The lowest BCUT2D eigenvalue weighted by atomic mass is 9.69. The lowest BCUT2D eigenvalue weighted by Crippen LogP contribution is -2.25. The molecular weight excluding hydrogens is 563 g/mol. The lowest BCUT2D eigenvalue weighted by Gasteiger charge is -2.37. The molecule has 4 aromatic rings. The van der Waals surface area contributed by atoms with E-state index < -0.39 is 20.0 Å². The van der Waals surface area contributed by atoms with E-state index in [-0.39, 0.29) is 21.6 Å². The number of hydrogen-bond donors (Lipinski definition) is 2. The standard InChI is InChI=1S/C28H22Cl2N2O4S2/c29-19-9-13-21(14-10-19)37(33,34)31-27-23-3-1-2-4-24(23)28(26-18-7-5-17(6-8-18)25(26)27)32-38(35,36)22-15-11-20(30)12-16-22/h1-5,7,9-18,31-32H,6,8H2/t17-,18+. The SMILES string of the molecule is O=S(=O)(Nc1c2c(c(NS(=O)(=O)c3ccc(Cl)cc3)c3ccccc13)[C@H]1C=C[C@@H]2CC1)c1ccc(Cl)cc1. The van der Waals surface area contributed by atoms with E-state index in [0.29, 0.717) is 32.2 Å². The monoisotopic (exact) mass is 584 g/mol. The first-order valence-corrected chi connectivity index (χ1v) is 15.7. The molecule has 6 nitrogen and oxygen atoms in total. The second-order valence-corrected chi connectivity index (χ2v) is 13.7. The van der Waals surface area contributed by atoms with E-state index in [2.05, 4.69) is 21.6 Å². The third-order valence-electron chi connectivity index (χ3n) is 7.12. The fraction of sp³-hybridized carbons (Fsp3) is 0.143. The number of nitrogens with one attached hydrogen (secondary N) is 2. The largest absolute Gasteiger partial charge is 0.279 e. The Morgan fingerprint density at radius 3 is 1.29 bits per heavy atom. The van der Waals surface area contributed by atoms with Crippen LogP contribution in [0.15, 0.2) is 94.7 Å². The van der Waals surface area contributed by atoms with E-state index in [1.165, 1.54) is 48.5 Å². The lowest BCUT2D eigenvalue weighted by molar-refractivity contribution is 0.556. The Labute approximate surface area is 231 Å². The van der Waals surface area contributed by atoms with Gasteiger partial charge in [-0.3, -0.25) is 9.44 Å². The number of allylic oxidation sites excluding steroid dienone is 2. The average Bonchev–Trinajstić information content (AvgIpc) is 2.91. The molecule has 0 fully saturated rings. The van der Waals surface area contributed by atoms with Gasteiger partial charge in [0.05, 0.1) is 21.2 Å². The molecule has 0 heterocycles. The van der Waals surface area contributed by atoms with Crippen molar-refractivity contribution in [2.75, 3.05) is 9.44 Å². The summed E-state index contributed by atoms with van der Waals surface area (Å²) in [6, 6.07) is 19.2. The Balaban J connectivity index is 1.56. The Morgan fingerprint density at radius 2 is 0.947 bits per heavy atom. The van der Waals surface area contributed by atoms with Crippen LogP contribution >= 0.6 is 23.2 Å². The topological polar surface area (TPSA) is 92.3 Å². The van der Waals surface area contributed by atoms with Crippen molar-refractivity contribution in [2.45, 2.75) is 34.5 Å². The molecule has 2 atom stereocenters. The molecule has 0 saturated heterocycles. The normalized spacial score (nSPS) is 18.4. The van der Waals surface area contributed by atoms with Gasteiger partial charge in [-0.15, -0.1) is 0 Å². The number of halogens is 2. The van der Waals surface area contributed by atoms with Crippen LogP contribution in [0.2, 0.25) is 10.0 Å². The first-order valence-electron chi connectivity index (χ1n) is 12.0. The molecule has 3 aliphatic carbocycles. The average molecular weight is 586 g/mol. The van der Waals surface area contributed by atoms with Crippen LogP contribution in [0.3, 0.4) is 0 Å². The first-order chi connectivity index (χ1) is 18.1. The molecule has 10 heteroatoms. The summed E-state index contributed by atoms with van der Waals surface area (Å²) in [5, 5.41) is 2.09. The smallest absolute Gasteiger partial charge is 0.261 e. The Morgan fingerprint density at radius 1 is 0.579 bits per heavy atom. The molecule has 7 rings (SSSR count). The van der Waals surface area contributed by atoms with Gasteiger partial charge in [0.2, 0.25) is 0 Å². The summed E-state index contributed by atoms with van der Waals surface area (Å²) in [6.45, 7) is 0. The number of sulfonamides is 2. The van der Waals surface area contributed by atoms with E-state index in [1.807, 2.05) is 12.1 Å². The predicted molar refractivity (Wildman–Crippen MR) is 152 cm³/mol. The minimum atomic E-state index is -3.95. The molecule has 4 aromatic carbocycles. The summed E-state index contributed by atoms with van der Waals surface area (Å²) < 4.78 is 59.6. The molecule has 0 unspecified atom stereocenters. The fourth-order valence-electron chi connectivity index (χ4n) is 5.38. The predicted octanol–water partition coefficient (Wildman–Crippen LogP) is 7.28. The van der Waals surface area contributed by atoms with Crippen molar-refractivity contribution in [1.29, 1.82) is 0 Å². The number of rotatable bonds is 6. The zero-order valence-electron chi connectivity index (χ0n) is 19.9. The highest BCUT2D eigenvalue weighted by Crippen LogP contribution is 2.54. The van der Waals surface area contributed by atoms with Crippen molar-refractivity contribution in [3.63, 3.8) is 0 Å². The van der Waals surface area contributed by atoms with Gasteiger partial charge < -0.3 is 0 Å². The summed E-state index contributed by atoms with van der Waals surface area (Å²) in [7, 11) is -7.90. The summed E-state index contributed by atoms with van der Waals surface area (Å²) >= 11 is 11.9. The second-order valence-electron chi connectivity index (χ2n) is 9.42. The van der Waals surface area contributed by atoms with Gasteiger partial charge in [-0.1, -0.05) is 59.6 Å². The highest BCUT2D eigenvalue weighted by Gasteiger charge is 2.37. The molecule has 0 aliphatic heterocycles. The van der Waals surface area contributed by atoms with E-state index in [4.69, 9.17) is 23.2 Å². The van der Waals surface area contributed by atoms with Crippen LogP contribution in [0.4, 0.5) is 11.4 Å². The van der Waals surface area contributed by atoms with Crippen LogP contribution in [0.5, 0.6) is 0 Å². The molecule has 0 amide bonds. The van der Waals surface area contributed by atoms with Crippen molar-refractivity contribution >= 4 is 65.4 Å². The van der Waals surface area contributed by atoms with Crippen LogP contribution in [0.1, 0.15) is 35.8 Å². The van der Waals surface area contributed by atoms with Gasteiger partial charge in [-0.2, -0.15) is 0 Å². The van der Waals surface area contributed by atoms with Crippen LogP contribution in [0.25, 0.3) is 10.8 Å². The molecule has 0 aromatic heterocycles. The summed E-state index contributed by atoms with van der Waals surface area (Å²) in [6.07, 6.45) is 5.85. The van der Waals surface area contributed by atoms with Gasteiger partial charge in [0.15, 0.2) is 0 Å². The van der Waals surface area contributed by atoms with E-state index in [1.54, 1.807) is 12.1 Å². The van der Waals surface area contributed by atoms with E-state index >= 15 is 0 Å². The molecule has 0 saturated carbocycles. The molecular formula is C28H22Cl2N2O4S2. The highest BCUT2D eigenvalue weighted by molar-refractivity contribution is 7.93. The summed E-state index contributed by atoms with van der Waals surface area (Å²) in [5.41, 5.74) is 2.54. The van der Waals surface area contributed by atoms with Gasteiger partial charge in [0.25, 0.3) is 20.0 Å². The molecule has 3 aliphatic rings. The minimum absolute atomic E-state index is 0.0543. The van der Waals surface area contributed by atoms with E-state index in [9.17, 15) is 16.8 Å². The van der Waals surface area contributed by atoms with Crippen LogP contribution < -0.4 is 9.44 Å². The number of anilines is 2. The van der Waals surface area contributed by atoms with Gasteiger partial charge in [0.1, 0.15) is 0 Å². The maximum Gasteiger partial charge on any atom is 0.261 e. The molecule has 38 heavy (non-hydrogen) atoms. The van der Waals surface area contributed by atoms with Crippen molar-refractivity contribution in [1.82, 2.24) is 0 Å². The quantitative estimate of drug-likeness (QED) is 0.233. The van der Waals surface area contributed by atoms with Gasteiger partial charge in [-0.25, -0.2) is 16.8 Å². The number of fused-ring (bicyclic) bond motifs is 2. The van der Waals surface area contributed by atoms with Crippen molar-refractivity contribution in [2.24, 2.45) is 0 Å². The molecule has 2 bridgehead atoms. The molecule has 194 valence electrons. The minimum Gasteiger partial charge on any atom is -0.279 e. The number of benzene rings is 4. The summed E-state index contributed by atoms with van der Waals surface area (Å²) in [5.74, 6) is -0.109. The van der Waals surface area contributed by atoms with E-state index in [0.717, 1.165) is 24.0 Å².